The molecular weight excluding hydrogens is 390 g/mol. The SMILES string of the molecule is Cc1ccc(CNC(=O)NCC2CCCCC2)cc1NC(=O)c1cnc2ccccn12. The Bertz CT molecular complexity index is 1070. The molecule has 1 aliphatic carbocycles. The van der Waals surface area contributed by atoms with E-state index in [-0.39, 0.29) is 11.9 Å². The first-order chi connectivity index (χ1) is 15.1. The van der Waals surface area contributed by atoms with Crippen molar-refractivity contribution in [2.24, 2.45) is 5.92 Å². The number of carbonyl (C=O) groups is 2. The highest BCUT2D eigenvalue weighted by Gasteiger charge is 2.15. The Balaban J connectivity index is 1.34. The standard InChI is InChI=1S/C24H29N5O2/c1-17-10-11-19(15-27-24(31)26-14-18-7-3-2-4-8-18)13-20(17)28-23(30)21-16-25-22-9-5-6-12-29(21)22/h5-6,9-13,16,18H,2-4,7-8,14-15H2,1H3,(H,28,30)(H2,26,27,31). The molecule has 0 bridgehead atoms. The number of fused-ring (bicyclic) bond motifs is 1. The van der Waals surface area contributed by atoms with Gasteiger partial charge in [-0.15, -0.1) is 0 Å². The Hall–Kier alpha value is -3.35. The summed E-state index contributed by atoms with van der Waals surface area (Å²) in [5.41, 5.74) is 3.79. The zero-order valence-corrected chi connectivity index (χ0v) is 17.9. The molecule has 1 saturated carbocycles. The first kappa shape index (κ1) is 20.9. The van der Waals surface area contributed by atoms with Crippen molar-refractivity contribution in [1.29, 1.82) is 0 Å². The zero-order chi connectivity index (χ0) is 21.6. The summed E-state index contributed by atoms with van der Waals surface area (Å²) in [7, 11) is 0. The second-order valence-electron chi connectivity index (χ2n) is 8.24. The van der Waals surface area contributed by atoms with Gasteiger partial charge in [-0.1, -0.05) is 37.5 Å². The maximum Gasteiger partial charge on any atom is 0.315 e. The van der Waals surface area contributed by atoms with Crippen molar-refractivity contribution in [3.63, 3.8) is 0 Å². The van der Waals surface area contributed by atoms with Crippen LogP contribution in [0.3, 0.4) is 0 Å². The maximum absolute atomic E-state index is 12.8. The van der Waals surface area contributed by atoms with E-state index in [0.29, 0.717) is 18.2 Å². The average Bonchev–Trinajstić information content (AvgIpc) is 3.23. The maximum atomic E-state index is 12.8. The second-order valence-corrected chi connectivity index (χ2v) is 8.24. The smallest absolute Gasteiger partial charge is 0.315 e. The molecule has 1 aromatic carbocycles. The summed E-state index contributed by atoms with van der Waals surface area (Å²) < 4.78 is 1.76. The molecule has 2 aromatic heterocycles. The number of aryl methyl sites for hydroxylation is 1. The van der Waals surface area contributed by atoms with E-state index in [1.807, 2.05) is 49.5 Å². The van der Waals surface area contributed by atoms with Crippen LogP contribution in [-0.4, -0.2) is 27.9 Å². The van der Waals surface area contributed by atoms with E-state index in [0.717, 1.165) is 29.0 Å². The van der Waals surface area contributed by atoms with E-state index < -0.39 is 0 Å². The number of anilines is 1. The summed E-state index contributed by atoms with van der Waals surface area (Å²) in [6, 6.07) is 11.3. The van der Waals surface area contributed by atoms with Gasteiger partial charge < -0.3 is 16.0 Å². The summed E-state index contributed by atoms with van der Waals surface area (Å²) in [4.78, 5) is 29.2. The summed E-state index contributed by atoms with van der Waals surface area (Å²) in [5.74, 6) is 0.373. The molecule has 3 aromatic rings. The van der Waals surface area contributed by atoms with Gasteiger partial charge in [-0.2, -0.15) is 0 Å². The minimum Gasteiger partial charge on any atom is -0.338 e. The predicted molar refractivity (Wildman–Crippen MR) is 121 cm³/mol. The van der Waals surface area contributed by atoms with E-state index >= 15 is 0 Å². The molecule has 1 fully saturated rings. The van der Waals surface area contributed by atoms with Gasteiger partial charge in [0.15, 0.2) is 0 Å². The number of urea groups is 1. The summed E-state index contributed by atoms with van der Waals surface area (Å²) >= 11 is 0. The molecule has 3 amide bonds. The van der Waals surface area contributed by atoms with Crippen LogP contribution in [0.2, 0.25) is 0 Å². The van der Waals surface area contributed by atoms with Gasteiger partial charge >= 0.3 is 6.03 Å². The molecule has 2 heterocycles. The number of nitrogens with one attached hydrogen (secondary N) is 3. The molecule has 0 spiro atoms. The fourth-order valence-electron chi connectivity index (χ4n) is 4.07. The van der Waals surface area contributed by atoms with Gasteiger partial charge in [-0.05, 0) is 55.0 Å². The largest absolute Gasteiger partial charge is 0.338 e. The second kappa shape index (κ2) is 9.64. The molecule has 162 valence electrons. The van der Waals surface area contributed by atoms with Crippen LogP contribution in [0.1, 0.15) is 53.7 Å². The molecule has 0 saturated heterocycles. The van der Waals surface area contributed by atoms with Gasteiger partial charge in [0, 0.05) is 25.0 Å². The number of aromatic nitrogens is 2. The first-order valence-corrected chi connectivity index (χ1v) is 10.9. The Morgan fingerprint density at radius 1 is 1.10 bits per heavy atom. The Kier molecular flexibility index (Phi) is 6.50. The number of benzene rings is 1. The number of nitrogens with zero attached hydrogens (tertiary/aromatic N) is 2. The monoisotopic (exact) mass is 419 g/mol. The Labute approximate surface area is 182 Å². The molecule has 0 unspecified atom stereocenters. The highest BCUT2D eigenvalue weighted by molar-refractivity contribution is 6.03. The van der Waals surface area contributed by atoms with Crippen molar-refractivity contribution in [3.8, 4) is 0 Å². The van der Waals surface area contributed by atoms with E-state index in [1.54, 1.807) is 10.6 Å². The highest BCUT2D eigenvalue weighted by Crippen LogP contribution is 2.22. The predicted octanol–water partition coefficient (Wildman–Crippen LogP) is 4.27. The Morgan fingerprint density at radius 2 is 1.94 bits per heavy atom. The van der Waals surface area contributed by atoms with Gasteiger partial charge in [0.1, 0.15) is 11.3 Å². The topological polar surface area (TPSA) is 87.5 Å². The van der Waals surface area contributed by atoms with Crippen LogP contribution >= 0.6 is 0 Å². The normalized spacial score (nSPS) is 14.4. The number of imidazole rings is 1. The summed E-state index contributed by atoms with van der Waals surface area (Å²) in [6.45, 7) is 3.08. The van der Waals surface area contributed by atoms with Crippen LogP contribution in [0.15, 0.2) is 48.8 Å². The fraction of sp³-hybridized carbons (Fsp3) is 0.375. The van der Waals surface area contributed by atoms with Gasteiger partial charge in [0.25, 0.3) is 5.91 Å². The molecule has 4 rings (SSSR count). The minimum absolute atomic E-state index is 0.150. The Morgan fingerprint density at radius 3 is 2.77 bits per heavy atom. The van der Waals surface area contributed by atoms with E-state index in [2.05, 4.69) is 20.9 Å². The van der Waals surface area contributed by atoms with Crippen LogP contribution in [0, 0.1) is 12.8 Å². The zero-order valence-electron chi connectivity index (χ0n) is 17.9. The van der Waals surface area contributed by atoms with Gasteiger partial charge in [0.05, 0.1) is 6.20 Å². The lowest BCUT2D eigenvalue weighted by Gasteiger charge is -2.21. The number of carbonyl (C=O) groups excluding carboxylic acids is 2. The minimum atomic E-state index is -0.225. The quantitative estimate of drug-likeness (QED) is 0.557. The fourth-order valence-corrected chi connectivity index (χ4v) is 4.07. The third-order valence-corrected chi connectivity index (χ3v) is 5.93. The molecule has 7 nitrogen and oxygen atoms in total. The van der Waals surface area contributed by atoms with Crippen LogP contribution in [0.5, 0.6) is 0 Å². The van der Waals surface area contributed by atoms with E-state index in [1.165, 1.54) is 32.1 Å². The lowest BCUT2D eigenvalue weighted by atomic mass is 9.89. The van der Waals surface area contributed by atoms with Gasteiger partial charge in [-0.25, -0.2) is 9.78 Å². The summed E-state index contributed by atoms with van der Waals surface area (Å²) in [6.07, 6.45) is 9.63. The average molecular weight is 420 g/mol. The lowest BCUT2D eigenvalue weighted by Crippen LogP contribution is -2.38. The number of rotatable bonds is 6. The van der Waals surface area contributed by atoms with Crippen LogP contribution in [0.25, 0.3) is 5.65 Å². The lowest BCUT2D eigenvalue weighted by molar-refractivity contribution is 0.102. The number of pyridine rings is 1. The van der Waals surface area contributed by atoms with Crippen molar-refractivity contribution < 1.29 is 9.59 Å². The number of amides is 3. The third kappa shape index (κ3) is 5.23. The van der Waals surface area contributed by atoms with E-state index in [9.17, 15) is 9.59 Å². The molecule has 0 aliphatic heterocycles. The van der Waals surface area contributed by atoms with Crippen molar-refractivity contribution in [1.82, 2.24) is 20.0 Å². The van der Waals surface area contributed by atoms with Crippen LogP contribution < -0.4 is 16.0 Å². The highest BCUT2D eigenvalue weighted by atomic mass is 16.2. The molecule has 7 heteroatoms. The van der Waals surface area contributed by atoms with Gasteiger partial charge in [-0.3, -0.25) is 9.20 Å². The van der Waals surface area contributed by atoms with Crippen molar-refractivity contribution in [2.45, 2.75) is 45.6 Å². The molecule has 31 heavy (non-hydrogen) atoms. The molecule has 0 atom stereocenters. The summed E-state index contributed by atoms with van der Waals surface area (Å²) in [5, 5.41) is 8.87. The van der Waals surface area contributed by atoms with Crippen LogP contribution in [-0.2, 0) is 6.54 Å². The first-order valence-electron chi connectivity index (χ1n) is 10.9. The number of hydrogen-bond donors (Lipinski definition) is 3. The van der Waals surface area contributed by atoms with Crippen molar-refractivity contribution in [2.75, 3.05) is 11.9 Å². The third-order valence-electron chi connectivity index (χ3n) is 5.93. The molecule has 0 radical (unpaired) electrons. The molecular formula is C24H29N5O2. The molecule has 3 N–H and O–H groups in total. The van der Waals surface area contributed by atoms with Crippen molar-refractivity contribution >= 4 is 23.3 Å². The van der Waals surface area contributed by atoms with Crippen LogP contribution in [0.4, 0.5) is 10.5 Å². The van der Waals surface area contributed by atoms with Crippen molar-refractivity contribution in [3.05, 3.63) is 65.6 Å². The number of hydrogen-bond acceptors (Lipinski definition) is 3. The van der Waals surface area contributed by atoms with E-state index in [4.69, 9.17) is 0 Å². The molecule has 1 aliphatic rings. The van der Waals surface area contributed by atoms with Gasteiger partial charge in [0.2, 0.25) is 0 Å².